The topological polar surface area (TPSA) is 163 Å². The lowest BCUT2D eigenvalue weighted by Gasteiger charge is -2.40. The number of para-hydroxylation sites is 1. The minimum atomic E-state index is -1.60. The number of carbonyl (C=O) groups is 1. The minimum absolute atomic E-state index is 0.335. The first kappa shape index (κ1) is 24.1. The molecule has 36 heavy (non-hydrogen) atoms. The molecule has 0 aliphatic carbocycles. The molecule has 2 aromatic heterocycles. The smallest absolute Gasteiger partial charge is 0.257 e. The Morgan fingerprint density at radius 3 is 2.53 bits per heavy atom. The third-order valence-corrected chi connectivity index (χ3v) is 6.31. The molecular weight excluding hydrogens is 468 g/mol. The van der Waals surface area contributed by atoms with Crippen molar-refractivity contribution in [2.75, 3.05) is 6.61 Å². The number of aliphatic hydroxyl groups is 4. The van der Waals surface area contributed by atoms with Gasteiger partial charge in [-0.15, -0.1) is 0 Å². The highest BCUT2D eigenvalue weighted by molar-refractivity contribution is 6.07. The second kappa shape index (κ2) is 9.80. The van der Waals surface area contributed by atoms with Crippen LogP contribution in [-0.2, 0) is 11.3 Å². The maximum Gasteiger partial charge on any atom is 0.257 e. The van der Waals surface area contributed by atoms with E-state index in [-0.39, 0.29) is 0 Å². The van der Waals surface area contributed by atoms with Crippen molar-refractivity contribution in [1.29, 1.82) is 0 Å². The van der Waals surface area contributed by atoms with Crippen LogP contribution in [0.2, 0.25) is 0 Å². The van der Waals surface area contributed by atoms with Gasteiger partial charge in [-0.25, -0.2) is 0 Å². The van der Waals surface area contributed by atoms with E-state index in [0.717, 1.165) is 16.6 Å². The number of aliphatic hydroxyl groups excluding tert-OH is 4. The second-order valence-electron chi connectivity index (χ2n) is 8.76. The second-order valence-corrected chi connectivity index (χ2v) is 8.76. The highest BCUT2D eigenvalue weighted by Gasteiger charge is 2.44. The number of amides is 1. The van der Waals surface area contributed by atoms with Crippen LogP contribution in [0.15, 0.2) is 59.3 Å². The highest BCUT2D eigenvalue weighted by atomic mass is 16.6. The molecule has 0 spiro atoms. The molecule has 2 unspecified atom stereocenters. The van der Waals surface area contributed by atoms with Gasteiger partial charge >= 0.3 is 0 Å². The number of benzene rings is 2. The van der Waals surface area contributed by atoms with Gasteiger partial charge in [0.05, 0.1) is 12.2 Å². The number of fused-ring (bicyclic) bond motifs is 1. The fourth-order valence-electron chi connectivity index (χ4n) is 4.40. The van der Waals surface area contributed by atoms with Gasteiger partial charge in [0.1, 0.15) is 24.4 Å². The molecule has 5 N–H and O–H groups in total. The van der Waals surface area contributed by atoms with Crippen LogP contribution < -0.4 is 5.32 Å². The summed E-state index contributed by atoms with van der Waals surface area (Å²) >= 11 is 0. The van der Waals surface area contributed by atoms with Crippen LogP contribution in [0.25, 0.3) is 22.4 Å². The molecule has 11 nitrogen and oxygen atoms in total. The van der Waals surface area contributed by atoms with Crippen molar-refractivity contribution in [2.45, 2.75) is 44.1 Å². The Kier molecular flexibility index (Phi) is 6.56. The molecule has 5 atom stereocenters. The zero-order chi connectivity index (χ0) is 25.4. The van der Waals surface area contributed by atoms with E-state index < -0.39 is 43.2 Å². The molecule has 11 heteroatoms. The summed E-state index contributed by atoms with van der Waals surface area (Å²) in [5, 5.41) is 47.1. The number of aromatic nitrogens is 3. The molecule has 188 valence electrons. The number of hydrogen-bond acceptors (Lipinski definition) is 9. The number of rotatable bonds is 6. The first-order valence-electron chi connectivity index (χ1n) is 11.4. The van der Waals surface area contributed by atoms with E-state index in [2.05, 4.69) is 15.5 Å². The maximum absolute atomic E-state index is 13.2. The van der Waals surface area contributed by atoms with Crippen LogP contribution in [0.5, 0.6) is 0 Å². The quantitative estimate of drug-likeness (QED) is 0.258. The fraction of sp³-hybridized carbons (Fsp3) is 0.320. The number of carbonyl (C=O) groups excluding carboxylic acids is 1. The lowest BCUT2D eigenvalue weighted by Crippen LogP contribution is -2.64. The normalized spacial score (nSPS) is 24.2. The zero-order valence-corrected chi connectivity index (χ0v) is 19.4. The molecule has 1 saturated heterocycles. The summed E-state index contributed by atoms with van der Waals surface area (Å²) in [6.07, 6.45) is -4.04. The van der Waals surface area contributed by atoms with Gasteiger partial charge in [-0.1, -0.05) is 35.5 Å². The molecule has 3 heterocycles. The first-order chi connectivity index (χ1) is 17.4. The van der Waals surface area contributed by atoms with E-state index in [1.165, 1.54) is 0 Å². The Balaban J connectivity index is 1.38. The van der Waals surface area contributed by atoms with E-state index in [1.54, 1.807) is 13.1 Å². The van der Waals surface area contributed by atoms with Gasteiger partial charge in [0, 0.05) is 29.2 Å². The summed E-state index contributed by atoms with van der Waals surface area (Å²) in [5.41, 5.74) is 2.93. The predicted molar refractivity (Wildman–Crippen MR) is 127 cm³/mol. The largest absolute Gasteiger partial charge is 0.394 e. The summed E-state index contributed by atoms with van der Waals surface area (Å²) in [5.74, 6) is 0.450. The van der Waals surface area contributed by atoms with Gasteiger partial charge in [0.15, 0.2) is 12.1 Å². The lowest BCUT2D eigenvalue weighted by molar-refractivity contribution is -0.252. The van der Waals surface area contributed by atoms with Crippen LogP contribution in [0.4, 0.5) is 0 Å². The average Bonchev–Trinajstić information content (AvgIpc) is 3.48. The monoisotopic (exact) mass is 494 g/mol. The van der Waals surface area contributed by atoms with Gasteiger partial charge < -0.3 is 39.6 Å². The molecule has 1 aliphatic rings. The van der Waals surface area contributed by atoms with Crippen LogP contribution in [0.1, 0.15) is 21.7 Å². The van der Waals surface area contributed by atoms with Crippen LogP contribution in [0.3, 0.4) is 0 Å². The first-order valence-corrected chi connectivity index (χ1v) is 11.4. The van der Waals surface area contributed by atoms with Crippen molar-refractivity contribution in [1.82, 2.24) is 20.0 Å². The van der Waals surface area contributed by atoms with Crippen LogP contribution in [0, 0.1) is 6.92 Å². The van der Waals surface area contributed by atoms with E-state index in [4.69, 9.17) is 9.26 Å². The van der Waals surface area contributed by atoms with Gasteiger partial charge in [-0.2, -0.15) is 4.98 Å². The number of hydrogen-bond donors (Lipinski definition) is 5. The molecule has 1 fully saturated rings. The van der Waals surface area contributed by atoms with Crippen molar-refractivity contribution in [3.63, 3.8) is 0 Å². The van der Waals surface area contributed by atoms with Crippen LogP contribution >= 0.6 is 0 Å². The molecule has 2 aromatic carbocycles. The summed E-state index contributed by atoms with van der Waals surface area (Å²) in [6.45, 7) is 1.65. The molecular formula is C25H26N4O7. The minimum Gasteiger partial charge on any atom is -0.394 e. The average molecular weight is 495 g/mol. The SMILES string of the molecule is Cc1noc(-c2ccc(Cn3cc(C(=O)N[C@H]4C(O)OC(CO)[C@@H](O)[C@@H]4O)c4ccccc43)cc2)n1. The van der Waals surface area contributed by atoms with E-state index in [1.807, 2.05) is 53.1 Å². The lowest BCUT2D eigenvalue weighted by atomic mass is 9.96. The fourth-order valence-corrected chi connectivity index (χ4v) is 4.40. The highest BCUT2D eigenvalue weighted by Crippen LogP contribution is 2.25. The van der Waals surface area contributed by atoms with Crippen molar-refractivity contribution in [3.8, 4) is 11.5 Å². The van der Waals surface area contributed by atoms with E-state index in [0.29, 0.717) is 29.2 Å². The molecule has 4 aromatic rings. The van der Waals surface area contributed by atoms with Gasteiger partial charge in [-0.3, -0.25) is 4.79 Å². The Hall–Kier alpha value is -3.61. The van der Waals surface area contributed by atoms with Crippen molar-refractivity contribution >= 4 is 16.8 Å². The van der Waals surface area contributed by atoms with Crippen LogP contribution in [-0.4, -0.2) is 78.3 Å². The summed E-state index contributed by atoms with van der Waals surface area (Å²) in [6, 6.07) is 13.8. The number of nitrogens with zero attached hydrogens (tertiary/aromatic N) is 3. The third kappa shape index (κ3) is 4.50. The third-order valence-electron chi connectivity index (χ3n) is 6.31. The van der Waals surface area contributed by atoms with Crippen molar-refractivity contribution < 1.29 is 34.5 Å². The summed E-state index contributed by atoms with van der Waals surface area (Å²) < 4.78 is 12.3. The molecule has 0 bridgehead atoms. The van der Waals surface area contributed by atoms with E-state index in [9.17, 15) is 25.2 Å². The number of nitrogens with one attached hydrogen (secondary N) is 1. The summed E-state index contributed by atoms with van der Waals surface area (Å²) in [4.78, 5) is 17.4. The number of ether oxygens (including phenoxy) is 1. The Morgan fingerprint density at radius 1 is 1.08 bits per heavy atom. The number of aryl methyl sites for hydroxylation is 1. The zero-order valence-electron chi connectivity index (χ0n) is 19.4. The molecule has 5 rings (SSSR count). The standard InChI is InChI=1S/C25H26N4O7/c1-13-26-24(36-28-13)15-8-6-14(7-9-15)10-29-11-17(16-4-2-3-5-18(16)29)23(33)27-20-22(32)21(31)19(12-30)35-25(20)34/h2-9,11,19-22,25,30-32,34H,10,12H2,1H3,(H,27,33)/t19?,20-,21-,22-,25?/m1/s1. The molecule has 1 amide bonds. The Bertz CT molecular complexity index is 1370. The van der Waals surface area contributed by atoms with Gasteiger partial charge in [0.25, 0.3) is 11.8 Å². The summed E-state index contributed by atoms with van der Waals surface area (Å²) in [7, 11) is 0. The van der Waals surface area contributed by atoms with Gasteiger partial charge in [-0.05, 0) is 30.7 Å². The van der Waals surface area contributed by atoms with Crippen molar-refractivity contribution in [3.05, 3.63) is 71.7 Å². The maximum atomic E-state index is 13.2. The molecule has 1 aliphatic heterocycles. The van der Waals surface area contributed by atoms with Crippen molar-refractivity contribution in [2.24, 2.45) is 0 Å². The van der Waals surface area contributed by atoms with Gasteiger partial charge in [0.2, 0.25) is 0 Å². The predicted octanol–water partition coefficient (Wildman–Crippen LogP) is 0.578. The van der Waals surface area contributed by atoms with E-state index >= 15 is 0 Å². The molecule has 0 radical (unpaired) electrons. The Labute approximate surface area is 205 Å². The Morgan fingerprint density at radius 2 is 1.83 bits per heavy atom. The molecule has 0 saturated carbocycles.